The molecule has 0 radical (unpaired) electrons. The van der Waals surface area contributed by atoms with Gasteiger partial charge >= 0.3 is 0 Å². The van der Waals surface area contributed by atoms with Gasteiger partial charge < -0.3 is 5.32 Å². The first-order valence-corrected chi connectivity index (χ1v) is 11.4. The van der Waals surface area contributed by atoms with Crippen molar-refractivity contribution in [1.82, 2.24) is 9.29 Å². The van der Waals surface area contributed by atoms with Gasteiger partial charge in [-0.1, -0.05) is 30.0 Å². The molecule has 1 aromatic heterocycles. The van der Waals surface area contributed by atoms with Crippen LogP contribution in [-0.4, -0.2) is 43.0 Å². The molecule has 0 bridgehead atoms. The third-order valence-electron chi connectivity index (χ3n) is 4.47. The topological polar surface area (TPSA) is 79.4 Å². The van der Waals surface area contributed by atoms with E-state index in [0.717, 1.165) is 25.8 Å². The summed E-state index contributed by atoms with van der Waals surface area (Å²) < 4.78 is 25.4. The molecule has 152 valence electrons. The number of nitrogens with one attached hydrogen (secondary N) is 1. The zero-order valence-electron chi connectivity index (χ0n) is 16.7. The van der Waals surface area contributed by atoms with Crippen LogP contribution in [0.5, 0.6) is 0 Å². The van der Waals surface area contributed by atoms with Gasteiger partial charge in [0.25, 0.3) is 0 Å². The summed E-state index contributed by atoms with van der Waals surface area (Å²) in [6.07, 6.45) is 0. The predicted octanol–water partition coefficient (Wildman–Crippen LogP) is 3.91. The van der Waals surface area contributed by atoms with Gasteiger partial charge in [-0.3, -0.25) is 4.79 Å². The number of benzene rings is 2. The molecule has 0 saturated carbocycles. The number of carbonyl (C=O) groups excluding carboxylic acids is 1. The second kappa shape index (κ2) is 8.52. The Morgan fingerprint density at radius 3 is 2.41 bits per heavy atom. The van der Waals surface area contributed by atoms with Gasteiger partial charge in [-0.25, -0.2) is 17.7 Å². The Labute approximate surface area is 175 Å². The lowest BCUT2D eigenvalue weighted by atomic mass is 10.1. The number of hydrogen-bond donors (Lipinski definition) is 1. The third kappa shape index (κ3) is 4.77. The second-order valence-corrected chi connectivity index (χ2v) is 10.4. The molecule has 0 aliphatic rings. The van der Waals surface area contributed by atoms with Gasteiger partial charge in [-0.2, -0.15) is 0 Å². The van der Waals surface area contributed by atoms with Gasteiger partial charge in [0.15, 0.2) is 0 Å². The molecule has 0 fully saturated rings. The lowest BCUT2D eigenvalue weighted by molar-refractivity contribution is -0.115. The van der Waals surface area contributed by atoms with Gasteiger partial charge in [0, 0.05) is 25.2 Å². The minimum Gasteiger partial charge on any atom is -0.325 e. The standard InChI is InChI=1S/C21H23N3O3S2/c1-14-13-20(23-19-8-6-5-7-18(14)19)28-15(2)21(25)22-16-9-11-17(12-10-16)29(26,27)24(3)4/h5-13,15H,1-4H3,(H,22,25). The van der Waals surface area contributed by atoms with Crippen molar-refractivity contribution in [2.45, 2.75) is 29.0 Å². The minimum absolute atomic E-state index is 0.175. The number of sulfonamides is 1. The van der Waals surface area contributed by atoms with E-state index in [1.807, 2.05) is 44.2 Å². The van der Waals surface area contributed by atoms with E-state index < -0.39 is 10.0 Å². The van der Waals surface area contributed by atoms with Crippen LogP contribution in [-0.2, 0) is 14.8 Å². The summed E-state index contributed by atoms with van der Waals surface area (Å²) in [5, 5.41) is 4.35. The van der Waals surface area contributed by atoms with E-state index in [9.17, 15) is 13.2 Å². The number of para-hydroxylation sites is 1. The average molecular weight is 430 g/mol. The quantitative estimate of drug-likeness (QED) is 0.601. The maximum atomic E-state index is 12.6. The monoisotopic (exact) mass is 429 g/mol. The normalized spacial score (nSPS) is 12.9. The molecule has 3 rings (SSSR count). The van der Waals surface area contributed by atoms with Crippen LogP contribution in [0.2, 0.25) is 0 Å². The highest BCUT2D eigenvalue weighted by molar-refractivity contribution is 8.00. The molecule has 1 amide bonds. The summed E-state index contributed by atoms with van der Waals surface area (Å²) in [6.45, 7) is 3.85. The van der Waals surface area contributed by atoms with Crippen LogP contribution in [0.1, 0.15) is 12.5 Å². The smallest absolute Gasteiger partial charge is 0.242 e. The molecule has 1 atom stereocenters. The molecular weight excluding hydrogens is 406 g/mol. The molecule has 29 heavy (non-hydrogen) atoms. The number of amides is 1. The van der Waals surface area contributed by atoms with Crippen molar-refractivity contribution in [2.24, 2.45) is 0 Å². The zero-order chi connectivity index (χ0) is 21.2. The van der Waals surface area contributed by atoms with Crippen LogP contribution < -0.4 is 5.32 Å². The number of aromatic nitrogens is 1. The van der Waals surface area contributed by atoms with E-state index in [4.69, 9.17) is 0 Å². The number of rotatable bonds is 6. The van der Waals surface area contributed by atoms with Crippen molar-refractivity contribution >= 4 is 44.3 Å². The van der Waals surface area contributed by atoms with Gasteiger partial charge in [0.1, 0.15) is 0 Å². The van der Waals surface area contributed by atoms with Crippen LogP contribution in [0.25, 0.3) is 10.9 Å². The summed E-state index contributed by atoms with van der Waals surface area (Å²) in [5.41, 5.74) is 2.56. The van der Waals surface area contributed by atoms with Crippen LogP contribution in [0.4, 0.5) is 5.69 Å². The zero-order valence-corrected chi connectivity index (χ0v) is 18.3. The Morgan fingerprint density at radius 2 is 1.76 bits per heavy atom. The number of aryl methyl sites for hydroxylation is 1. The second-order valence-electron chi connectivity index (χ2n) is 6.86. The predicted molar refractivity (Wildman–Crippen MR) is 118 cm³/mol. The molecule has 1 unspecified atom stereocenters. The fourth-order valence-corrected chi connectivity index (χ4v) is 4.60. The van der Waals surface area contributed by atoms with Crippen molar-refractivity contribution in [3.63, 3.8) is 0 Å². The summed E-state index contributed by atoms with van der Waals surface area (Å²) in [7, 11) is -0.536. The summed E-state index contributed by atoms with van der Waals surface area (Å²) in [5.74, 6) is -0.175. The first kappa shape index (κ1) is 21.3. The molecule has 1 heterocycles. The number of fused-ring (bicyclic) bond motifs is 1. The van der Waals surface area contributed by atoms with Gasteiger partial charge in [-0.05, 0) is 55.8 Å². The van der Waals surface area contributed by atoms with E-state index in [-0.39, 0.29) is 16.1 Å². The van der Waals surface area contributed by atoms with Crippen LogP contribution in [0.3, 0.4) is 0 Å². The Bertz CT molecular complexity index is 1140. The van der Waals surface area contributed by atoms with Gasteiger partial charge in [0.05, 0.1) is 20.7 Å². The number of carbonyl (C=O) groups is 1. The van der Waals surface area contributed by atoms with E-state index in [1.54, 1.807) is 12.1 Å². The van der Waals surface area contributed by atoms with Crippen molar-refractivity contribution in [3.05, 3.63) is 60.2 Å². The SMILES string of the molecule is Cc1cc(SC(C)C(=O)Nc2ccc(S(=O)(=O)N(C)C)cc2)nc2ccccc12. The van der Waals surface area contributed by atoms with Crippen molar-refractivity contribution in [2.75, 3.05) is 19.4 Å². The molecule has 0 saturated heterocycles. The number of thioether (sulfide) groups is 1. The number of pyridine rings is 1. The Morgan fingerprint density at radius 1 is 1.10 bits per heavy atom. The van der Waals surface area contributed by atoms with E-state index in [1.165, 1.54) is 38.0 Å². The lowest BCUT2D eigenvalue weighted by Gasteiger charge is -2.14. The molecule has 8 heteroatoms. The summed E-state index contributed by atoms with van der Waals surface area (Å²) in [4.78, 5) is 17.4. The molecule has 0 spiro atoms. The first-order chi connectivity index (χ1) is 13.7. The van der Waals surface area contributed by atoms with Crippen molar-refractivity contribution in [3.8, 4) is 0 Å². The summed E-state index contributed by atoms with van der Waals surface area (Å²) >= 11 is 1.39. The molecule has 0 aliphatic heterocycles. The van der Waals surface area contributed by atoms with Crippen molar-refractivity contribution < 1.29 is 13.2 Å². The maximum absolute atomic E-state index is 12.6. The summed E-state index contributed by atoms with van der Waals surface area (Å²) in [6, 6.07) is 16.0. The first-order valence-electron chi connectivity index (χ1n) is 9.05. The molecule has 3 aromatic rings. The molecule has 0 aliphatic carbocycles. The van der Waals surface area contributed by atoms with Crippen molar-refractivity contribution in [1.29, 1.82) is 0 Å². The van der Waals surface area contributed by atoms with E-state index in [0.29, 0.717) is 5.69 Å². The molecule has 1 N–H and O–H groups in total. The third-order valence-corrected chi connectivity index (χ3v) is 7.31. The highest BCUT2D eigenvalue weighted by atomic mass is 32.2. The molecular formula is C21H23N3O3S2. The molecule has 2 aromatic carbocycles. The lowest BCUT2D eigenvalue weighted by Crippen LogP contribution is -2.23. The van der Waals surface area contributed by atoms with Crippen LogP contribution in [0.15, 0.2) is 64.5 Å². The number of anilines is 1. The fraction of sp³-hybridized carbons (Fsp3) is 0.238. The van der Waals surface area contributed by atoms with Crippen LogP contribution >= 0.6 is 11.8 Å². The van der Waals surface area contributed by atoms with Crippen LogP contribution in [0, 0.1) is 6.92 Å². The molecule has 6 nitrogen and oxygen atoms in total. The van der Waals surface area contributed by atoms with E-state index in [2.05, 4.69) is 10.3 Å². The Hall–Kier alpha value is -2.42. The highest BCUT2D eigenvalue weighted by Crippen LogP contribution is 2.27. The number of nitrogens with zero attached hydrogens (tertiary/aromatic N) is 2. The largest absolute Gasteiger partial charge is 0.325 e. The van der Waals surface area contributed by atoms with Gasteiger partial charge in [-0.15, -0.1) is 0 Å². The average Bonchev–Trinajstić information content (AvgIpc) is 2.68. The Kier molecular flexibility index (Phi) is 6.26. The van der Waals surface area contributed by atoms with Gasteiger partial charge in [0.2, 0.25) is 15.9 Å². The minimum atomic E-state index is -3.49. The maximum Gasteiger partial charge on any atom is 0.242 e. The van der Waals surface area contributed by atoms with E-state index >= 15 is 0 Å². The Balaban J connectivity index is 1.70. The fourth-order valence-electron chi connectivity index (χ4n) is 2.78. The number of hydrogen-bond acceptors (Lipinski definition) is 5. The highest BCUT2D eigenvalue weighted by Gasteiger charge is 2.19.